The molecule has 0 aromatic heterocycles. The van der Waals surface area contributed by atoms with Gasteiger partial charge in [-0.25, -0.2) is 4.39 Å². The van der Waals surface area contributed by atoms with Gasteiger partial charge in [-0.05, 0) is 30.3 Å². The predicted molar refractivity (Wildman–Crippen MR) is 77.0 cm³/mol. The van der Waals surface area contributed by atoms with E-state index in [1.54, 1.807) is 0 Å². The van der Waals surface area contributed by atoms with Crippen LogP contribution in [0.1, 0.15) is 0 Å². The molecule has 0 saturated heterocycles. The quantitative estimate of drug-likeness (QED) is 0.493. The maximum atomic E-state index is 14.1. The van der Waals surface area contributed by atoms with Gasteiger partial charge in [0.15, 0.2) is 11.8 Å². The molecule has 118 valence electrons. The average Bonchev–Trinajstić information content (AvgIpc) is 2.53. The third-order valence-electron chi connectivity index (χ3n) is 3.46. The summed E-state index contributed by atoms with van der Waals surface area (Å²) in [4.78, 5) is 22.8. The molecule has 2 unspecified atom stereocenters. The van der Waals surface area contributed by atoms with Gasteiger partial charge in [-0.2, -0.15) is 4.39 Å². The monoisotopic (exact) mass is 320 g/mol. The summed E-state index contributed by atoms with van der Waals surface area (Å²) in [6.45, 7) is 0. The zero-order chi connectivity index (χ0) is 16.6. The smallest absolute Gasteiger partial charge is 0.273 e. The third kappa shape index (κ3) is 2.59. The molecule has 2 atom stereocenters. The molecule has 23 heavy (non-hydrogen) atoms. The highest BCUT2D eigenvalue weighted by Gasteiger charge is 2.37. The number of halogens is 2. The Hall–Kier alpha value is -3.03. The zero-order valence-electron chi connectivity index (χ0n) is 11.6. The molecule has 0 spiro atoms. The summed E-state index contributed by atoms with van der Waals surface area (Å²) in [6, 6.07) is 7.49. The fourth-order valence-electron chi connectivity index (χ4n) is 2.41. The standard InChI is InChI=1S/C15H10F2N2O4/c16-9-1-3-10(4-2-9)18-12-6-5-11(19(21)22)7-14(12)23-15(17)13(18)8-20/h1-8,13,15H. The summed E-state index contributed by atoms with van der Waals surface area (Å²) in [5.74, 6) is -0.542. The Bertz CT molecular complexity index is 767. The Labute approximate surface area is 129 Å². The number of nitro groups is 1. The van der Waals surface area contributed by atoms with Crippen LogP contribution >= 0.6 is 0 Å². The number of hydrogen-bond donors (Lipinski definition) is 0. The van der Waals surface area contributed by atoms with Crippen LogP contribution in [-0.2, 0) is 4.79 Å². The lowest BCUT2D eigenvalue weighted by Crippen LogP contribution is -2.46. The number of anilines is 2. The van der Waals surface area contributed by atoms with Gasteiger partial charge in [0.05, 0.1) is 16.7 Å². The molecule has 6 nitrogen and oxygen atoms in total. The first kappa shape index (κ1) is 14.9. The molecule has 0 aliphatic carbocycles. The minimum absolute atomic E-state index is 0.0610. The van der Waals surface area contributed by atoms with Crippen LogP contribution in [0.3, 0.4) is 0 Å². The second-order valence-electron chi connectivity index (χ2n) is 4.85. The molecule has 0 fully saturated rings. The van der Waals surface area contributed by atoms with E-state index >= 15 is 0 Å². The van der Waals surface area contributed by atoms with Crippen molar-refractivity contribution in [3.05, 3.63) is 58.4 Å². The number of non-ortho nitro benzene ring substituents is 1. The highest BCUT2D eigenvalue weighted by atomic mass is 19.1. The molecule has 0 radical (unpaired) electrons. The van der Waals surface area contributed by atoms with Crippen LogP contribution in [0.4, 0.5) is 25.8 Å². The summed E-state index contributed by atoms with van der Waals surface area (Å²) in [5.41, 5.74) is 0.386. The predicted octanol–water partition coefficient (Wildman–Crippen LogP) is 3.13. The molecule has 0 saturated carbocycles. The number of nitrogens with zero attached hydrogens (tertiary/aromatic N) is 2. The summed E-state index contributed by atoms with van der Waals surface area (Å²) in [6.07, 6.45) is -1.63. The fourth-order valence-corrected chi connectivity index (χ4v) is 2.41. The molecular weight excluding hydrogens is 310 g/mol. The van der Waals surface area contributed by atoms with Crippen LogP contribution in [0.2, 0.25) is 0 Å². The van der Waals surface area contributed by atoms with Crippen molar-refractivity contribution < 1.29 is 23.2 Å². The Morgan fingerprint density at radius 1 is 1.22 bits per heavy atom. The van der Waals surface area contributed by atoms with Crippen molar-refractivity contribution in [2.45, 2.75) is 12.4 Å². The van der Waals surface area contributed by atoms with E-state index < -0.39 is 23.1 Å². The van der Waals surface area contributed by atoms with Gasteiger partial charge in [0.25, 0.3) is 12.0 Å². The van der Waals surface area contributed by atoms with Gasteiger partial charge < -0.3 is 14.4 Å². The molecule has 2 aromatic rings. The number of benzene rings is 2. The zero-order valence-corrected chi connectivity index (χ0v) is 11.6. The van der Waals surface area contributed by atoms with Crippen molar-refractivity contribution in [2.75, 3.05) is 4.90 Å². The largest absolute Gasteiger partial charge is 0.455 e. The first-order chi connectivity index (χ1) is 11.0. The number of alkyl halides is 1. The second-order valence-corrected chi connectivity index (χ2v) is 4.85. The fraction of sp³-hybridized carbons (Fsp3) is 0.133. The van der Waals surface area contributed by atoms with E-state index in [1.165, 1.54) is 41.3 Å². The lowest BCUT2D eigenvalue weighted by molar-refractivity contribution is -0.385. The number of hydrogen-bond acceptors (Lipinski definition) is 5. The number of ether oxygens (including phenoxy) is 1. The lowest BCUT2D eigenvalue weighted by Gasteiger charge is -2.37. The van der Waals surface area contributed by atoms with E-state index in [0.717, 1.165) is 6.07 Å². The number of aldehydes is 1. The minimum atomic E-state index is -2.01. The summed E-state index contributed by atoms with van der Waals surface area (Å²) < 4.78 is 32.2. The third-order valence-corrected chi connectivity index (χ3v) is 3.46. The Morgan fingerprint density at radius 2 is 1.91 bits per heavy atom. The highest BCUT2D eigenvalue weighted by molar-refractivity contribution is 5.80. The molecule has 1 aliphatic heterocycles. The van der Waals surface area contributed by atoms with Crippen molar-refractivity contribution in [1.82, 2.24) is 0 Å². The summed E-state index contributed by atoms with van der Waals surface area (Å²) in [7, 11) is 0. The van der Waals surface area contributed by atoms with Gasteiger partial charge in [0, 0.05) is 11.8 Å². The molecule has 3 rings (SSSR count). The Kier molecular flexibility index (Phi) is 3.65. The maximum absolute atomic E-state index is 14.1. The van der Waals surface area contributed by atoms with Gasteiger partial charge in [0.1, 0.15) is 12.1 Å². The van der Waals surface area contributed by atoms with E-state index in [1.807, 2.05) is 0 Å². The van der Waals surface area contributed by atoms with Crippen LogP contribution in [0.5, 0.6) is 5.75 Å². The van der Waals surface area contributed by atoms with Gasteiger partial charge in [-0.3, -0.25) is 10.1 Å². The minimum Gasteiger partial charge on any atom is -0.455 e. The van der Waals surface area contributed by atoms with E-state index in [4.69, 9.17) is 4.74 Å². The van der Waals surface area contributed by atoms with Crippen LogP contribution < -0.4 is 9.64 Å². The highest BCUT2D eigenvalue weighted by Crippen LogP contribution is 2.42. The van der Waals surface area contributed by atoms with Crippen LogP contribution in [0.25, 0.3) is 0 Å². The Balaban J connectivity index is 2.14. The molecular formula is C15H10F2N2O4. The van der Waals surface area contributed by atoms with Crippen molar-refractivity contribution >= 4 is 23.3 Å². The second kappa shape index (κ2) is 5.64. The molecule has 2 aromatic carbocycles. The first-order valence-electron chi connectivity index (χ1n) is 6.60. The SMILES string of the molecule is O=CC1C(F)Oc2cc([N+](=O)[O-])ccc2N1c1ccc(F)cc1. The van der Waals surface area contributed by atoms with Crippen molar-refractivity contribution in [3.8, 4) is 5.75 Å². The van der Waals surface area contributed by atoms with Crippen LogP contribution in [-0.4, -0.2) is 23.6 Å². The van der Waals surface area contributed by atoms with Gasteiger partial charge in [-0.1, -0.05) is 0 Å². The topological polar surface area (TPSA) is 72.7 Å². The van der Waals surface area contributed by atoms with E-state index in [9.17, 15) is 23.7 Å². The summed E-state index contributed by atoms with van der Waals surface area (Å²) in [5, 5.41) is 10.8. The molecule has 1 aliphatic rings. The number of fused-ring (bicyclic) bond motifs is 1. The van der Waals surface area contributed by atoms with Crippen molar-refractivity contribution in [1.29, 1.82) is 0 Å². The Morgan fingerprint density at radius 3 is 2.52 bits per heavy atom. The average molecular weight is 320 g/mol. The van der Waals surface area contributed by atoms with Gasteiger partial charge in [-0.15, -0.1) is 0 Å². The van der Waals surface area contributed by atoms with Crippen LogP contribution in [0.15, 0.2) is 42.5 Å². The lowest BCUT2D eigenvalue weighted by atomic mass is 10.1. The molecule has 0 N–H and O–H groups in total. The van der Waals surface area contributed by atoms with Crippen molar-refractivity contribution in [3.63, 3.8) is 0 Å². The van der Waals surface area contributed by atoms with E-state index in [2.05, 4.69) is 0 Å². The molecule has 0 amide bonds. The van der Waals surface area contributed by atoms with E-state index in [-0.39, 0.29) is 17.1 Å². The molecule has 8 heteroatoms. The van der Waals surface area contributed by atoms with Gasteiger partial charge >= 0.3 is 0 Å². The normalized spacial score (nSPS) is 19.7. The number of carbonyl (C=O) groups excluding carboxylic acids is 1. The maximum Gasteiger partial charge on any atom is 0.273 e. The first-order valence-corrected chi connectivity index (χ1v) is 6.60. The summed E-state index contributed by atoms with van der Waals surface area (Å²) >= 11 is 0. The van der Waals surface area contributed by atoms with Crippen molar-refractivity contribution in [2.24, 2.45) is 0 Å². The van der Waals surface area contributed by atoms with Crippen LogP contribution in [0, 0.1) is 15.9 Å². The molecule has 1 heterocycles. The molecule has 0 bridgehead atoms. The van der Waals surface area contributed by atoms with E-state index in [0.29, 0.717) is 12.0 Å². The number of rotatable bonds is 3. The number of carbonyl (C=O) groups is 1. The van der Waals surface area contributed by atoms with Gasteiger partial charge in [0.2, 0.25) is 0 Å². The number of nitro benzene ring substituents is 1.